The molecule has 1 aromatic heterocycles. The number of piperidine rings is 1. The molecule has 7 heteroatoms. The summed E-state index contributed by atoms with van der Waals surface area (Å²) in [5.74, 6) is 2.21. The van der Waals surface area contributed by atoms with E-state index in [0.29, 0.717) is 25.2 Å². The van der Waals surface area contributed by atoms with Crippen molar-refractivity contribution in [1.82, 2.24) is 14.5 Å². The van der Waals surface area contributed by atoms with Gasteiger partial charge in [-0.2, -0.15) is 0 Å². The van der Waals surface area contributed by atoms with Gasteiger partial charge in [-0.05, 0) is 54.8 Å². The molecular weight excluding hydrogens is 421 g/mol. The van der Waals surface area contributed by atoms with E-state index < -0.39 is 5.60 Å². The van der Waals surface area contributed by atoms with Gasteiger partial charge in [0.2, 0.25) is 0 Å². The van der Waals surface area contributed by atoms with Crippen LogP contribution in [0.1, 0.15) is 31.2 Å². The van der Waals surface area contributed by atoms with Gasteiger partial charge in [-0.15, -0.1) is 0 Å². The van der Waals surface area contributed by atoms with Crippen molar-refractivity contribution in [2.24, 2.45) is 0 Å². The Morgan fingerprint density at radius 3 is 2.61 bits per heavy atom. The van der Waals surface area contributed by atoms with Gasteiger partial charge in [-0.3, -0.25) is 4.90 Å². The van der Waals surface area contributed by atoms with Crippen LogP contribution >= 0.6 is 0 Å². The predicted octanol–water partition coefficient (Wildman–Crippen LogP) is 4.07. The molecule has 0 radical (unpaired) electrons. The standard InChI is InChI=1S/C26H32FN3O3/c1-2-25-28-12-15-30(25)16-17-32-24-5-3-4-21(18-24)19-29-13-10-26(31,11-14-29)20-33-23-8-6-22(27)7-9-23/h3-9,12,15,18,31H,2,10-11,13-14,16-17,19-20H2,1H3. The Hall–Kier alpha value is -2.90. The summed E-state index contributed by atoms with van der Waals surface area (Å²) in [7, 11) is 0. The quantitative estimate of drug-likeness (QED) is 0.502. The number of aromatic nitrogens is 2. The van der Waals surface area contributed by atoms with Crippen LogP contribution < -0.4 is 9.47 Å². The molecule has 0 aliphatic carbocycles. The number of aliphatic hydroxyl groups is 1. The van der Waals surface area contributed by atoms with Crippen LogP contribution in [0, 0.1) is 5.82 Å². The smallest absolute Gasteiger partial charge is 0.123 e. The third kappa shape index (κ3) is 6.55. The van der Waals surface area contributed by atoms with Crippen molar-refractivity contribution in [2.75, 3.05) is 26.3 Å². The van der Waals surface area contributed by atoms with Crippen molar-refractivity contribution >= 4 is 0 Å². The first-order valence-electron chi connectivity index (χ1n) is 11.6. The maximum Gasteiger partial charge on any atom is 0.123 e. The number of aryl methyl sites for hydroxylation is 1. The highest BCUT2D eigenvalue weighted by atomic mass is 19.1. The number of hydrogen-bond acceptors (Lipinski definition) is 5. The van der Waals surface area contributed by atoms with Crippen molar-refractivity contribution < 1.29 is 19.0 Å². The average molecular weight is 454 g/mol. The number of hydrogen-bond donors (Lipinski definition) is 1. The van der Waals surface area contributed by atoms with Gasteiger partial charge in [0.15, 0.2) is 0 Å². The lowest BCUT2D eigenvalue weighted by molar-refractivity contribution is -0.0537. The van der Waals surface area contributed by atoms with E-state index in [1.165, 1.54) is 17.7 Å². The van der Waals surface area contributed by atoms with E-state index in [-0.39, 0.29) is 12.4 Å². The molecule has 1 saturated heterocycles. The van der Waals surface area contributed by atoms with Crippen LogP contribution in [0.5, 0.6) is 11.5 Å². The Morgan fingerprint density at radius 2 is 1.85 bits per heavy atom. The molecule has 1 fully saturated rings. The minimum absolute atomic E-state index is 0.215. The summed E-state index contributed by atoms with van der Waals surface area (Å²) in [6.07, 6.45) is 5.99. The lowest BCUT2D eigenvalue weighted by Gasteiger charge is -2.38. The Morgan fingerprint density at radius 1 is 1.06 bits per heavy atom. The van der Waals surface area contributed by atoms with Gasteiger partial charge in [-0.25, -0.2) is 9.37 Å². The number of rotatable bonds is 10. The normalized spacial score (nSPS) is 16.0. The summed E-state index contributed by atoms with van der Waals surface area (Å²) in [5, 5.41) is 10.9. The summed E-state index contributed by atoms with van der Waals surface area (Å²) in [4.78, 5) is 6.68. The Labute approximate surface area is 194 Å². The summed E-state index contributed by atoms with van der Waals surface area (Å²) in [6.45, 7) is 6.07. The molecule has 1 N–H and O–H groups in total. The molecule has 2 heterocycles. The molecule has 0 spiro atoms. The van der Waals surface area contributed by atoms with Crippen molar-refractivity contribution in [2.45, 2.75) is 44.9 Å². The van der Waals surface area contributed by atoms with Crippen LogP contribution in [0.3, 0.4) is 0 Å². The zero-order chi connectivity index (χ0) is 23.1. The molecule has 176 valence electrons. The molecule has 1 aliphatic rings. The summed E-state index contributed by atoms with van der Waals surface area (Å²) >= 11 is 0. The fraction of sp³-hybridized carbons (Fsp3) is 0.423. The highest BCUT2D eigenvalue weighted by Gasteiger charge is 2.33. The van der Waals surface area contributed by atoms with Gasteiger partial charge in [0.1, 0.15) is 42.0 Å². The van der Waals surface area contributed by atoms with Gasteiger partial charge in [-0.1, -0.05) is 19.1 Å². The van der Waals surface area contributed by atoms with Crippen molar-refractivity contribution in [3.05, 3.63) is 78.1 Å². The largest absolute Gasteiger partial charge is 0.492 e. The van der Waals surface area contributed by atoms with Gasteiger partial charge >= 0.3 is 0 Å². The second-order valence-electron chi connectivity index (χ2n) is 8.63. The van der Waals surface area contributed by atoms with Crippen LogP contribution in [-0.2, 0) is 19.5 Å². The Bertz CT molecular complexity index is 1010. The summed E-state index contributed by atoms with van der Waals surface area (Å²) in [6, 6.07) is 14.1. The van der Waals surface area contributed by atoms with E-state index in [4.69, 9.17) is 9.47 Å². The van der Waals surface area contributed by atoms with Gasteiger partial charge in [0.05, 0.1) is 6.54 Å². The van der Waals surface area contributed by atoms with Crippen LogP contribution in [0.25, 0.3) is 0 Å². The number of likely N-dealkylation sites (tertiary alicyclic amines) is 1. The second-order valence-corrected chi connectivity index (χ2v) is 8.63. The van der Waals surface area contributed by atoms with Crippen LogP contribution in [0.2, 0.25) is 0 Å². The van der Waals surface area contributed by atoms with Crippen molar-refractivity contribution in [3.63, 3.8) is 0 Å². The number of halogens is 1. The fourth-order valence-electron chi connectivity index (χ4n) is 4.13. The SMILES string of the molecule is CCc1nccn1CCOc1cccc(CN2CCC(O)(COc3ccc(F)cc3)CC2)c1. The molecule has 33 heavy (non-hydrogen) atoms. The van der Waals surface area contributed by atoms with Crippen LogP contribution in [0.15, 0.2) is 60.9 Å². The van der Waals surface area contributed by atoms with Crippen LogP contribution in [0.4, 0.5) is 4.39 Å². The zero-order valence-electron chi connectivity index (χ0n) is 19.1. The second kappa shape index (κ2) is 10.8. The molecule has 4 rings (SSSR count). The molecule has 1 aliphatic heterocycles. The molecule has 0 atom stereocenters. The molecule has 6 nitrogen and oxygen atoms in total. The summed E-state index contributed by atoms with van der Waals surface area (Å²) < 4.78 is 26.8. The van der Waals surface area contributed by atoms with E-state index in [1.807, 2.05) is 24.5 Å². The molecule has 3 aromatic rings. The van der Waals surface area contributed by atoms with E-state index in [2.05, 4.69) is 33.5 Å². The highest BCUT2D eigenvalue weighted by Crippen LogP contribution is 2.25. The van der Waals surface area contributed by atoms with Crippen LogP contribution in [-0.4, -0.2) is 51.5 Å². The number of nitrogens with zero attached hydrogens (tertiary/aromatic N) is 3. The minimum atomic E-state index is -0.861. The fourth-order valence-corrected chi connectivity index (χ4v) is 4.13. The van der Waals surface area contributed by atoms with Crippen molar-refractivity contribution in [1.29, 1.82) is 0 Å². The number of ether oxygens (including phenoxy) is 2. The molecule has 0 unspecified atom stereocenters. The maximum atomic E-state index is 13.0. The molecule has 2 aromatic carbocycles. The lowest BCUT2D eigenvalue weighted by atomic mass is 9.92. The summed E-state index contributed by atoms with van der Waals surface area (Å²) in [5.41, 5.74) is 0.331. The molecular formula is C26H32FN3O3. The highest BCUT2D eigenvalue weighted by molar-refractivity contribution is 5.28. The van der Waals surface area contributed by atoms with E-state index in [9.17, 15) is 9.50 Å². The predicted molar refractivity (Wildman–Crippen MR) is 125 cm³/mol. The third-order valence-corrected chi connectivity index (χ3v) is 6.13. The topological polar surface area (TPSA) is 59.8 Å². The molecule has 0 amide bonds. The molecule has 0 saturated carbocycles. The third-order valence-electron chi connectivity index (χ3n) is 6.13. The zero-order valence-corrected chi connectivity index (χ0v) is 19.1. The monoisotopic (exact) mass is 453 g/mol. The van der Waals surface area contributed by atoms with E-state index in [1.54, 1.807) is 12.1 Å². The number of imidazole rings is 1. The van der Waals surface area contributed by atoms with E-state index in [0.717, 1.165) is 44.2 Å². The van der Waals surface area contributed by atoms with Gasteiger partial charge in [0, 0.05) is 38.4 Å². The maximum absolute atomic E-state index is 13.0. The number of benzene rings is 2. The Kier molecular flexibility index (Phi) is 7.62. The van der Waals surface area contributed by atoms with E-state index >= 15 is 0 Å². The molecule has 0 bridgehead atoms. The Balaban J connectivity index is 1.22. The van der Waals surface area contributed by atoms with Gasteiger partial charge in [0.25, 0.3) is 0 Å². The average Bonchev–Trinajstić information content (AvgIpc) is 3.28. The first-order chi connectivity index (χ1) is 16.0. The van der Waals surface area contributed by atoms with Crippen molar-refractivity contribution in [3.8, 4) is 11.5 Å². The van der Waals surface area contributed by atoms with Gasteiger partial charge < -0.3 is 19.1 Å². The lowest BCUT2D eigenvalue weighted by Crippen LogP contribution is -2.47. The first-order valence-corrected chi connectivity index (χ1v) is 11.6. The first kappa shape index (κ1) is 23.3. The minimum Gasteiger partial charge on any atom is -0.492 e.